The van der Waals surface area contributed by atoms with Crippen LogP contribution in [0, 0.1) is 11.3 Å². The number of pyridine rings is 1. The van der Waals surface area contributed by atoms with Crippen molar-refractivity contribution in [1.29, 1.82) is 5.26 Å². The lowest BCUT2D eigenvalue weighted by molar-refractivity contribution is 0.0524. The van der Waals surface area contributed by atoms with Gasteiger partial charge >= 0.3 is 0 Å². The molecule has 0 fully saturated rings. The number of hydrogen-bond acceptors (Lipinski definition) is 6. The summed E-state index contributed by atoms with van der Waals surface area (Å²) in [6, 6.07) is 2.90. The molecule has 0 aliphatic heterocycles. The first-order chi connectivity index (χ1) is 7.10. The van der Waals surface area contributed by atoms with Crippen molar-refractivity contribution in [3.8, 4) is 6.07 Å². The largest absolute Gasteiger partial charge is 0.392 e. The predicted molar refractivity (Wildman–Crippen MR) is 51.2 cm³/mol. The first kappa shape index (κ1) is 11.4. The molecule has 0 bridgehead atoms. The summed E-state index contributed by atoms with van der Waals surface area (Å²) < 4.78 is 0. The molecule has 15 heavy (non-hydrogen) atoms. The Hall–Kier alpha value is -1.68. The molecule has 1 aromatic heterocycles. The summed E-state index contributed by atoms with van der Waals surface area (Å²) in [6.07, 6.45) is -1.63. The molecule has 0 spiro atoms. The van der Waals surface area contributed by atoms with E-state index in [0.717, 1.165) is 0 Å². The molecule has 80 valence electrons. The van der Waals surface area contributed by atoms with Gasteiger partial charge < -0.3 is 21.1 Å². The van der Waals surface area contributed by atoms with Gasteiger partial charge in [-0.1, -0.05) is 0 Å². The molecule has 0 saturated heterocycles. The summed E-state index contributed by atoms with van der Waals surface area (Å²) >= 11 is 0. The first-order valence-corrected chi connectivity index (χ1v) is 4.21. The molecule has 1 aromatic rings. The second-order valence-corrected chi connectivity index (χ2v) is 2.99. The van der Waals surface area contributed by atoms with Gasteiger partial charge in [-0.2, -0.15) is 5.26 Å². The maximum atomic E-state index is 9.46. The minimum Gasteiger partial charge on any atom is -0.392 e. The van der Waals surface area contributed by atoms with Gasteiger partial charge in [0.1, 0.15) is 11.9 Å². The highest BCUT2D eigenvalue weighted by Crippen LogP contribution is 2.19. The molecular weight excluding hydrogens is 198 g/mol. The molecule has 6 heteroatoms. The van der Waals surface area contributed by atoms with Crippen molar-refractivity contribution < 1.29 is 15.3 Å². The zero-order valence-corrected chi connectivity index (χ0v) is 7.83. The Labute approximate surface area is 86.2 Å². The van der Waals surface area contributed by atoms with Gasteiger partial charge in [-0.05, 0) is 6.07 Å². The lowest BCUT2D eigenvalue weighted by Gasteiger charge is -2.13. The van der Waals surface area contributed by atoms with Gasteiger partial charge in [0.15, 0.2) is 6.10 Å². The molecule has 1 rings (SSSR count). The fraction of sp³-hybridized carbons (Fsp3) is 0.333. The van der Waals surface area contributed by atoms with Crippen molar-refractivity contribution in [2.75, 3.05) is 5.73 Å². The molecule has 0 amide bonds. The molecule has 6 nitrogen and oxygen atoms in total. The summed E-state index contributed by atoms with van der Waals surface area (Å²) in [4.78, 5) is 3.72. The van der Waals surface area contributed by atoms with E-state index in [4.69, 9.17) is 21.2 Å². The third-order valence-electron chi connectivity index (χ3n) is 1.97. The Bertz CT molecular complexity index is 389. The topological polar surface area (TPSA) is 123 Å². The zero-order valence-electron chi connectivity index (χ0n) is 7.83. The molecule has 0 radical (unpaired) electrons. The summed E-state index contributed by atoms with van der Waals surface area (Å²) in [5.74, 6) is 0.153. The third kappa shape index (κ3) is 2.41. The van der Waals surface area contributed by atoms with Gasteiger partial charge in [0, 0.05) is 17.3 Å². The van der Waals surface area contributed by atoms with E-state index in [0.29, 0.717) is 5.56 Å². The van der Waals surface area contributed by atoms with Crippen LogP contribution in [0.25, 0.3) is 0 Å². The quantitative estimate of drug-likeness (QED) is 0.477. The zero-order chi connectivity index (χ0) is 11.4. The fourth-order valence-corrected chi connectivity index (χ4v) is 1.08. The summed E-state index contributed by atoms with van der Waals surface area (Å²) in [5, 5.41) is 35.8. The van der Waals surface area contributed by atoms with Crippen molar-refractivity contribution >= 4 is 5.82 Å². The Morgan fingerprint density at radius 1 is 1.53 bits per heavy atom. The van der Waals surface area contributed by atoms with Crippen molar-refractivity contribution in [3.63, 3.8) is 0 Å². The summed E-state index contributed by atoms with van der Waals surface area (Å²) in [5.41, 5.74) is 6.01. The average molecular weight is 209 g/mol. The lowest BCUT2D eigenvalue weighted by Crippen LogP contribution is -2.16. The second kappa shape index (κ2) is 4.70. The Morgan fingerprint density at radius 3 is 2.73 bits per heavy atom. The van der Waals surface area contributed by atoms with E-state index in [1.54, 1.807) is 0 Å². The monoisotopic (exact) mass is 209 g/mol. The number of nitrogen functional groups attached to an aromatic ring is 1. The number of anilines is 1. The van der Waals surface area contributed by atoms with Crippen LogP contribution in [0.4, 0.5) is 5.82 Å². The molecule has 1 heterocycles. The number of aromatic nitrogens is 1. The summed E-state index contributed by atoms with van der Waals surface area (Å²) in [7, 11) is 0. The number of rotatable bonds is 3. The van der Waals surface area contributed by atoms with E-state index in [1.807, 2.05) is 0 Å². The van der Waals surface area contributed by atoms with E-state index in [2.05, 4.69) is 4.98 Å². The molecule has 0 aliphatic rings. The van der Waals surface area contributed by atoms with E-state index in [1.165, 1.54) is 18.3 Å². The third-order valence-corrected chi connectivity index (χ3v) is 1.97. The van der Waals surface area contributed by atoms with Crippen molar-refractivity contribution in [1.82, 2.24) is 4.98 Å². The van der Waals surface area contributed by atoms with Gasteiger partial charge in [-0.3, -0.25) is 0 Å². The predicted octanol–water partition coefficient (Wildman–Crippen LogP) is -0.926. The Morgan fingerprint density at radius 2 is 2.20 bits per heavy atom. The minimum absolute atomic E-state index is 0.153. The highest BCUT2D eigenvalue weighted by molar-refractivity contribution is 5.41. The van der Waals surface area contributed by atoms with Crippen LogP contribution < -0.4 is 5.73 Å². The van der Waals surface area contributed by atoms with Crippen LogP contribution in [-0.2, 0) is 6.61 Å². The SMILES string of the molecule is N#CC(O)C(O)c1cnc(N)c(CO)c1. The number of nitrogens with two attached hydrogens (primary N) is 1. The maximum Gasteiger partial charge on any atom is 0.170 e. The first-order valence-electron chi connectivity index (χ1n) is 4.21. The van der Waals surface area contributed by atoms with Crippen LogP contribution >= 0.6 is 0 Å². The van der Waals surface area contributed by atoms with E-state index in [9.17, 15) is 5.11 Å². The van der Waals surface area contributed by atoms with E-state index >= 15 is 0 Å². The smallest absolute Gasteiger partial charge is 0.170 e. The lowest BCUT2D eigenvalue weighted by atomic mass is 10.1. The van der Waals surface area contributed by atoms with Crippen LogP contribution in [0.15, 0.2) is 12.3 Å². The van der Waals surface area contributed by atoms with Crippen molar-refractivity contribution in [3.05, 3.63) is 23.4 Å². The van der Waals surface area contributed by atoms with E-state index in [-0.39, 0.29) is 18.0 Å². The second-order valence-electron chi connectivity index (χ2n) is 2.99. The van der Waals surface area contributed by atoms with Crippen LogP contribution in [0.1, 0.15) is 17.2 Å². The molecule has 0 aliphatic carbocycles. The fourth-order valence-electron chi connectivity index (χ4n) is 1.08. The Kier molecular flexibility index (Phi) is 3.57. The van der Waals surface area contributed by atoms with Gasteiger partial charge in [0.05, 0.1) is 12.7 Å². The van der Waals surface area contributed by atoms with Crippen LogP contribution in [0.2, 0.25) is 0 Å². The van der Waals surface area contributed by atoms with E-state index < -0.39 is 12.2 Å². The number of aliphatic hydroxyl groups excluding tert-OH is 3. The Balaban J connectivity index is 3.01. The van der Waals surface area contributed by atoms with Gasteiger partial charge in [0.2, 0.25) is 0 Å². The maximum absolute atomic E-state index is 9.46. The van der Waals surface area contributed by atoms with Gasteiger partial charge in [0.25, 0.3) is 0 Å². The molecule has 2 atom stereocenters. The van der Waals surface area contributed by atoms with Crippen LogP contribution in [0.3, 0.4) is 0 Å². The molecule has 0 aromatic carbocycles. The standard InChI is InChI=1S/C9H11N3O3/c10-2-7(14)8(15)5-1-6(4-13)9(11)12-3-5/h1,3,7-8,13-15H,4H2,(H2,11,12). The number of hydrogen-bond donors (Lipinski definition) is 4. The highest BCUT2D eigenvalue weighted by Gasteiger charge is 2.18. The van der Waals surface area contributed by atoms with Crippen LogP contribution in [-0.4, -0.2) is 26.4 Å². The summed E-state index contributed by atoms with van der Waals surface area (Å²) in [6.45, 7) is -0.317. The number of nitrogens with zero attached hydrogens (tertiary/aromatic N) is 2. The van der Waals surface area contributed by atoms with Gasteiger partial charge in [-0.15, -0.1) is 0 Å². The molecule has 2 unspecified atom stereocenters. The van der Waals surface area contributed by atoms with Crippen molar-refractivity contribution in [2.45, 2.75) is 18.8 Å². The van der Waals surface area contributed by atoms with Crippen LogP contribution in [0.5, 0.6) is 0 Å². The molecule has 5 N–H and O–H groups in total. The minimum atomic E-state index is -1.53. The van der Waals surface area contributed by atoms with Crippen molar-refractivity contribution in [2.24, 2.45) is 0 Å². The average Bonchev–Trinajstić information content (AvgIpc) is 2.27. The normalized spacial score (nSPS) is 14.3. The number of nitriles is 1. The molecular formula is C9H11N3O3. The number of aliphatic hydroxyl groups is 3. The molecule has 0 saturated carbocycles. The highest BCUT2D eigenvalue weighted by atomic mass is 16.3. The van der Waals surface area contributed by atoms with Gasteiger partial charge in [-0.25, -0.2) is 4.98 Å².